The smallest absolute Gasteiger partial charge is 0.341 e. The fourth-order valence-electron chi connectivity index (χ4n) is 2.77. The van der Waals surface area contributed by atoms with Gasteiger partial charge in [-0.25, -0.2) is 4.79 Å². The summed E-state index contributed by atoms with van der Waals surface area (Å²) >= 11 is 12.4. The first kappa shape index (κ1) is 23.6. The minimum Gasteiger partial charge on any atom is -0.493 e. The van der Waals surface area contributed by atoms with Crippen LogP contribution in [0.5, 0.6) is 11.5 Å². The first-order valence-corrected chi connectivity index (χ1v) is 10.7. The van der Waals surface area contributed by atoms with Gasteiger partial charge in [0.15, 0.2) is 22.4 Å². The maximum Gasteiger partial charge on any atom is 0.341 e. The Bertz CT molecular complexity index is 1150. The molecule has 1 heterocycles. The third-order valence-electron chi connectivity index (χ3n) is 4.23. The predicted molar refractivity (Wildman–Crippen MR) is 125 cm³/mol. The highest BCUT2D eigenvalue weighted by Crippen LogP contribution is 2.37. The van der Waals surface area contributed by atoms with Crippen LogP contribution in [-0.2, 0) is 9.59 Å². The third kappa shape index (κ3) is 5.21. The van der Waals surface area contributed by atoms with Gasteiger partial charge in [-0.2, -0.15) is 5.01 Å². The van der Waals surface area contributed by atoms with Crippen molar-refractivity contribution in [2.24, 2.45) is 0 Å². The van der Waals surface area contributed by atoms with Crippen LogP contribution in [0.25, 0.3) is 6.08 Å². The average Bonchev–Trinajstić information content (AvgIpc) is 2.99. The highest BCUT2D eigenvalue weighted by Gasteiger charge is 2.34. The molecule has 2 amide bonds. The van der Waals surface area contributed by atoms with Gasteiger partial charge in [0.05, 0.1) is 22.6 Å². The molecule has 3 rings (SSSR count). The number of ether oxygens (including phenoxy) is 2. The van der Waals surface area contributed by atoms with Crippen LogP contribution in [0.15, 0.2) is 41.3 Å². The minimum absolute atomic E-state index is 0.119. The van der Waals surface area contributed by atoms with E-state index >= 15 is 0 Å². The van der Waals surface area contributed by atoms with E-state index in [1.807, 2.05) is 6.92 Å². The summed E-state index contributed by atoms with van der Waals surface area (Å²) in [6, 6.07) is 9.83. The topological polar surface area (TPSA) is 105 Å². The van der Waals surface area contributed by atoms with E-state index in [0.29, 0.717) is 11.3 Å². The number of carbonyl (C=O) groups is 3. The largest absolute Gasteiger partial charge is 0.493 e. The number of hydrogen-bond donors (Lipinski definition) is 2. The lowest BCUT2D eigenvalue weighted by Crippen LogP contribution is -2.44. The fourth-order valence-corrected chi connectivity index (χ4v) is 4.26. The zero-order chi connectivity index (χ0) is 23.4. The molecule has 166 valence electrons. The normalized spacial score (nSPS) is 14.6. The number of thioether (sulfide) groups is 1. The van der Waals surface area contributed by atoms with Gasteiger partial charge in [-0.3, -0.25) is 15.0 Å². The molecule has 0 radical (unpaired) electrons. The number of carbonyl (C=O) groups excluding carboxylic acids is 2. The van der Waals surface area contributed by atoms with Crippen LogP contribution in [0.3, 0.4) is 0 Å². The number of rotatable bonds is 7. The van der Waals surface area contributed by atoms with Gasteiger partial charge in [-0.05, 0) is 49.0 Å². The molecule has 2 aromatic rings. The molecule has 0 bridgehead atoms. The molecule has 1 aliphatic heterocycles. The van der Waals surface area contributed by atoms with E-state index in [2.05, 4.69) is 5.43 Å². The van der Waals surface area contributed by atoms with Crippen molar-refractivity contribution < 1.29 is 29.0 Å². The van der Waals surface area contributed by atoms with Crippen LogP contribution in [-0.4, -0.2) is 45.9 Å². The Hall–Kier alpha value is -3.08. The number of para-hydroxylation sites is 1. The maximum absolute atomic E-state index is 12.9. The molecule has 0 spiro atoms. The summed E-state index contributed by atoms with van der Waals surface area (Å²) < 4.78 is 10.7. The fraction of sp³-hybridized carbons (Fsp3) is 0.143. The van der Waals surface area contributed by atoms with Crippen molar-refractivity contribution in [2.45, 2.75) is 6.92 Å². The second kappa shape index (κ2) is 10.0. The van der Waals surface area contributed by atoms with E-state index in [0.717, 1.165) is 22.3 Å². The summed E-state index contributed by atoms with van der Waals surface area (Å²) in [6.45, 7) is 1.25. The first-order valence-electron chi connectivity index (χ1n) is 9.08. The average molecular weight is 493 g/mol. The Morgan fingerprint density at radius 1 is 1.31 bits per heavy atom. The summed E-state index contributed by atoms with van der Waals surface area (Å²) in [7, 11) is 1.41. The number of halogens is 1. The molecule has 2 N–H and O–H groups in total. The van der Waals surface area contributed by atoms with E-state index in [-0.39, 0.29) is 25.6 Å². The number of hydrogen-bond acceptors (Lipinski definition) is 7. The zero-order valence-corrected chi connectivity index (χ0v) is 19.3. The van der Waals surface area contributed by atoms with Crippen LogP contribution in [0, 0.1) is 6.92 Å². The van der Waals surface area contributed by atoms with E-state index in [4.69, 9.17) is 38.4 Å². The molecule has 0 unspecified atom stereocenters. The summed E-state index contributed by atoms with van der Waals surface area (Å²) in [5.41, 5.74) is 3.98. The Labute approximate surface area is 198 Å². The lowest BCUT2D eigenvalue weighted by Gasteiger charge is -2.16. The standard InChI is InChI=1S/C21H17ClN2O6S2/c1-11-6-7-13(14(22)8-11)19(27)23-24-20(28)16(32-21(24)31)9-12-4-3-5-15(29-2)18(12)30-10-17(25)26/h3-9H,10H2,1-2H3,(H,23,27)(H,25,26)/b16-9+. The van der Waals surface area contributed by atoms with E-state index < -0.39 is 24.4 Å². The van der Waals surface area contributed by atoms with Crippen molar-refractivity contribution in [1.82, 2.24) is 10.4 Å². The van der Waals surface area contributed by atoms with Gasteiger partial charge < -0.3 is 14.6 Å². The second-order valence-corrected chi connectivity index (χ2v) is 8.59. The molecule has 0 saturated carbocycles. The minimum atomic E-state index is -1.16. The number of carboxylic acids is 1. The van der Waals surface area contributed by atoms with Crippen molar-refractivity contribution >= 4 is 63.8 Å². The highest BCUT2D eigenvalue weighted by molar-refractivity contribution is 8.26. The third-order valence-corrected chi connectivity index (χ3v) is 5.85. The molecule has 8 nitrogen and oxygen atoms in total. The molecule has 1 fully saturated rings. The lowest BCUT2D eigenvalue weighted by atomic mass is 10.1. The molecular weight excluding hydrogens is 476 g/mol. The van der Waals surface area contributed by atoms with Crippen molar-refractivity contribution in [3.05, 3.63) is 63.0 Å². The Kier molecular flexibility index (Phi) is 7.39. The summed E-state index contributed by atoms with van der Waals surface area (Å²) in [6.07, 6.45) is 1.49. The van der Waals surface area contributed by atoms with Gasteiger partial charge in [0.25, 0.3) is 11.8 Å². The van der Waals surface area contributed by atoms with Gasteiger partial charge in [0.1, 0.15) is 0 Å². The quantitative estimate of drug-likeness (QED) is 0.445. The first-order chi connectivity index (χ1) is 15.2. The number of nitrogens with one attached hydrogen (secondary N) is 1. The zero-order valence-electron chi connectivity index (χ0n) is 16.9. The number of nitrogens with zero attached hydrogens (tertiary/aromatic N) is 1. The SMILES string of the molecule is COc1cccc(/C=C2/SC(=S)N(NC(=O)c3ccc(C)cc3Cl)C2=O)c1OCC(=O)O. The number of benzene rings is 2. The van der Waals surface area contributed by atoms with E-state index in [1.54, 1.807) is 36.4 Å². The number of methoxy groups -OCH3 is 1. The number of aliphatic carboxylic acids is 1. The van der Waals surface area contributed by atoms with Crippen LogP contribution < -0.4 is 14.9 Å². The molecular formula is C21H17ClN2O6S2. The summed E-state index contributed by atoms with van der Waals surface area (Å²) in [4.78, 5) is 36.6. The number of aryl methyl sites for hydroxylation is 1. The summed E-state index contributed by atoms with van der Waals surface area (Å²) in [5.74, 6) is -1.83. The van der Waals surface area contributed by atoms with Crippen LogP contribution >= 0.6 is 35.6 Å². The van der Waals surface area contributed by atoms with Crippen LogP contribution in [0.2, 0.25) is 5.02 Å². The Balaban J connectivity index is 1.85. The Morgan fingerprint density at radius 3 is 2.72 bits per heavy atom. The number of amides is 2. The van der Waals surface area contributed by atoms with Gasteiger partial charge >= 0.3 is 5.97 Å². The monoisotopic (exact) mass is 492 g/mol. The number of hydrazine groups is 1. The van der Waals surface area contributed by atoms with Crippen molar-refractivity contribution in [3.63, 3.8) is 0 Å². The molecule has 2 aromatic carbocycles. The van der Waals surface area contributed by atoms with Gasteiger partial charge in [0.2, 0.25) is 0 Å². The number of thiocarbonyl (C=S) groups is 1. The molecule has 1 saturated heterocycles. The van der Waals surface area contributed by atoms with E-state index in [1.165, 1.54) is 13.2 Å². The lowest BCUT2D eigenvalue weighted by molar-refractivity contribution is -0.139. The number of carboxylic acid groups (broad SMARTS) is 1. The second-order valence-electron chi connectivity index (χ2n) is 6.50. The Morgan fingerprint density at radius 2 is 2.06 bits per heavy atom. The summed E-state index contributed by atoms with van der Waals surface area (Å²) in [5, 5.41) is 10.1. The van der Waals surface area contributed by atoms with Crippen LogP contribution in [0.1, 0.15) is 21.5 Å². The van der Waals surface area contributed by atoms with Crippen molar-refractivity contribution in [1.29, 1.82) is 0 Å². The predicted octanol–water partition coefficient (Wildman–Crippen LogP) is 3.67. The molecule has 11 heteroatoms. The van der Waals surface area contributed by atoms with Crippen LogP contribution in [0.4, 0.5) is 0 Å². The molecule has 1 aliphatic rings. The molecule has 32 heavy (non-hydrogen) atoms. The van der Waals surface area contributed by atoms with Gasteiger partial charge in [-0.15, -0.1) is 0 Å². The maximum atomic E-state index is 12.9. The molecule has 0 atom stereocenters. The van der Waals surface area contributed by atoms with Crippen molar-refractivity contribution in [3.8, 4) is 11.5 Å². The molecule has 0 aromatic heterocycles. The van der Waals surface area contributed by atoms with Gasteiger partial charge in [0, 0.05) is 5.56 Å². The molecule has 0 aliphatic carbocycles. The van der Waals surface area contributed by atoms with E-state index in [9.17, 15) is 14.4 Å². The van der Waals surface area contributed by atoms with Gasteiger partial charge in [-0.1, -0.05) is 41.6 Å². The van der Waals surface area contributed by atoms with Crippen molar-refractivity contribution in [2.75, 3.05) is 13.7 Å². The highest BCUT2D eigenvalue weighted by atomic mass is 35.5.